The topological polar surface area (TPSA) is 110 Å². The van der Waals surface area contributed by atoms with Gasteiger partial charge in [0, 0.05) is 6.54 Å². The molecular formula is C11H15NO5. The van der Waals surface area contributed by atoms with E-state index >= 15 is 0 Å². The predicted octanol–water partition coefficient (Wildman–Crippen LogP) is -0.429. The number of aliphatic hydroxyl groups is 2. The van der Waals surface area contributed by atoms with Crippen LogP contribution in [0.4, 0.5) is 0 Å². The van der Waals surface area contributed by atoms with Crippen LogP contribution in [-0.2, 0) is 0 Å². The quantitative estimate of drug-likeness (QED) is 0.491. The van der Waals surface area contributed by atoms with Crippen LogP contribution in [-0.4, -0.2) is 45.1 Å². The average Bonchev–Trinajstić information content (AvgIpc) is 2.26. The summed E-state index contributed by atoms with van der Waals surface area (Å²) in [6.45, 7) is 0.633. The van der Waals surface area contributed by atoms with E-state index in [4.69, 9.17) is 5.11 Å². The molecule has 0 saturated carbocycles. The molecule has 0 aliphatic heterocycles. The molecular weight excluding hydrogens is 226 g/mol. The zero-order valence-corrected chi connectivity index (χ0v) is 9.34. The molecule has 6 heteroatoms. The van der Waals surface area contributed by atoms with Crippen LogP contribution in [0, 0.1) is 0 Å². The summed E-state index contributed by atoms with van der Waals surface area (Å²) in [6, 6.07) is 3.92. The molecule has 0 radical (unpaired) electrons. The summed E-state index contributed by atoms with van der Waals surface area (Å²) in [5.74, 6) is -1.44. The standard InChI is InChI=1S/C11H15NO5/c1-11(17,6-13)5-12-10(16)9-7(14)3-2-4-8(9)15/h2-4,13-15,17H,5-6H2,1H3,(H,12,16). The molecule has 0 aliphatic rings. The Labute approximate surface area is 98.1 Å². The fourth-order valence-electron chi connectivity index (χ4n) is 1.18. The molecule has 0 fully saturated rings. The minimum absolute atomic E-state index is 0.198. The zero-order chi connectivity index (χ0) is 13.1. The van der Waals surface area contributed by atoms with Crippen LogP contribution in [0.1, 0.15) is 17.3 Å². The molecule has 1 atom stereocenters. The molecule has 1 aromatic carbocycles. The van der Waals surface area contributed by atoms with Gasteiger partial charge in [-0.2, -0.15) is 0 Å². The van der Waals surface area contributed by atoms with Crippen molar-refractivity contribution in [2.75, 3.05) is 13.2 Å². The molecule has 0 saturated heterocycles. The SMILES string of the molecule is CC(O)(CO)CNC(=O)c1c(O)cccc1O. The Morgan fingerprint density at radius 1 is 1.35 bits per heavy atom. The third-order valence-corrected chi connectivity index (χ3v) is 2.22. The highest BCUT2D eigenvalue weighted by molar-refractivity contribution is 5.99. The molecule has 1 aromatic rings. The Morgan fingerprint density at radius 2 is 1.88 bits per heavy atom. The number of nitrogens with one attached hydrogen (secondary N) is 1. The fraction of sp³-hybridized carbons (Fsp3) is 0.364. The third-order valence-electron chi connectivity index (χ3n) is 2.22. The maximum absolute atomic E-state index is 11.6. The van der Waals surface area contributed by atoms with E-state index in [1.807, 2.05) is 0 Å². The number of phenols is 2. The Hall–Kier alpha value is -1.79. The van der Waals surface area contributed by atoms with Gasteiger partial charge in [-0.25, -0.2) is 0 Å². The van der Waals surface area contributed by atoms with Crippen LogP contribution in [0.15, 0.2) is 18.2 Å². The van der Waals surface area contributed by atoms with E-state index in [0.717, 1.165) is 0 Å². The van der Waals surface area contributed by atoms with E-state index in [2.05, 4.69) is 5.32 Å². The van der Waals surface area contributed by atoms with Gasteiger partial charge in [0.1, 0.15) is 22.7 Å². The van der Waals surface area contributed by atoms with Crippen LogP contribution in [0.2, 0.25) is 0 Å². The second kappa shape index (κ2) is 5.03. The number of phenolic OH excluding ortho intramolecular Hbond substituents is 2. The maximum Gasteiger partial charge on any atom is 0.258 e. The lowest BCUT2D eigenvalue weighted by Crippen LogP contribution is -2.43. The number of carbonyl (C=O) groups is 1. The lowest BCUT2D eigenvalue weighted by atomic mass is 10.1. The number of aromatic hydroxyl groups is 2. The first-order chi connectivity index (χ1) is 7.87. The van der Waals surface area contributed by atoms with Crippen molar-refractivity contribution in [1.29, 1.82) is 0 Å². The van der Waals surface area contributed by atoms with Crippen LogP contribution in [0.25, 0.3) is 0 Å². The monoisotopic (exact) mass is 241 g/mol. The number of amides is 1. The second-order valence-electron chi connectivity index (χ2n) is 4.01. The molecule has 94 valence electrons. The lowest BCUT2D eigenvalue weighted by molar-refractivity contribution is 0.00315. The van der Waals surface area contributed by atoms with Gasteiger partial charge in [-0.1, -0.05) is 6.07 Å². The van der Waals surface area contributed by atoms with Crippen molar-refractivity contribution < 1.29 is 25.2 Å². The van der Waals surface area contributed by atoms with Gasteiger partial charge < -0.3 is 25.7 Å². The number of rotatable bonds is 4. The van der Waals surface area contributed by atoms with E-state index in [0.29, 0.717) is 0 Å². The number of hydrogen-bond acceptors (Lipinski definition) is 5. The minimum atomic E-state index is -1.45. The zero-order valence-electron chi connectivity index (χ0n) is 9.34. The van der Waals surface area contributed by atoms with Gasteiger partial charge in [0.15, 0.2) is 0 Å². The predicted molar refractivity (Wildman–Crippen MR) is 59.8 cm³/mol. The van der Waals surface area contributed by atoms with Crippen molar-refractivity contribution in [3.05, 3.63) is 23.8 Å². The van der Waals surface area contributed by atoms with Crippen LogP contribution in [0.3, 0.4) is 0 Å². The summed E-state index contributed by atoms with van der Waals surface area (Å²) in [4.78, 5) is 11.6. The highest BCUT2D eigenvalue weighted by Gasteiger charge is 2.22. The van der Waals surface area contributed by atoms with E-state index in [1.165, 1.54) is 25.1 Å². The summed E-state index contributed by atoms with van der Waals surface area (Å²) < 4.78 is 0. The Morgan fingerprint density at radius 3 is 2.35 bits per heavy atom. The molecule has 17 heavy (non-hydrogen) atoms. The van der Waals surface area contributed by atoms with Crippen molar-refractivity contribution >= 4 is 5.91 Å². The highest BCUT2D eigenvalue weighted by atomic mass is 16.3. The van der Waals surface area contributed by atoms with Crippen LogP contribution >= 0.6 is 0 Å². The fourth-order valence-corrected chi connectivity index (χ4v) is 1.18. The number of carbonyl (C=O) groups excluding carboxylic acids is 1. The normalized spacial score (nSPS) is 14.1. The minimum Gasteiger partial charge on any atom is -0.507 e. The molecule has 5 N–H and O–H groups in total. The number of benzene rings is 1. The van der Waals surface area contributed by atoms with Crippen LogP contribution < -0.4 is 5.32 Å². The molecule has 1 amide bonds. The van der Waals surface area contributed by atoms with E-state index < -0.39 is 18.1 Å². The van der Waals surface area contributed by atoms with Gasteiger partial charge in [0.2, 0.25) is 0 Å². The molecule has 1 rings (SSSR count). The molecule has 6 nitrogen and oxygen atoms in total. The van der Waals surface area contributed by atoms with E-state index in [1.54, 1.807) is 0 Å². The number of hydrogen-bond donors (Lipinski definition) is 5. The van der Waals surface area contributed by atoms with Crippen molar-refractivity contribution in [2.45, 2.75) is 12.5 Å². The third kappa shape index (κ3) is 3.33. The molecule has 1 unspecified atom stereocenters. The molecule has 0 aromatic heterocycles. The Bertz CT molecular complexity index is 396. The summed E-state index contributed by atoms with van der Waals surface area (Å²) in [6.07, 6.45) is 0. The van der Waals surface area contributed by atoms with Gasteiger partial charge >= 0.3 is 0 Å². The summed E-state index contributed by atoms with van der Waals surface area (Å²) >= 11 is 0. The lowest BCUT2D eigenvalue weighted by Gasteiger charge is -2.20. The largest absolute Gasteiger partial charge is 0.507 e. The first-order valence-corrected chi connectivity index (χ1v) is 5.00. The average molecular weight is 241 g/mol. The molecule has 0 heterocycles. The van der Waals surface area contributed by atoms with Crippen molar-refractivity contribution in [2.24, 2.45) is 0 Å². The molecule has 0 aliphatic carbocycles. The summed E-state index contributed by atoms with van der Waals surface area (Å²) in [5, 5.41) is 39.4. The molecule has 0 spiro atoms. The summed E-state index contributed by atoms with van der Waals surface area (Å²) in [7, 11) is 0. The van der Waals surface area contributed by atoms with Gasteiger partial charge in [-0.05, 0) is 19.1 Å². The van der Waals surface area contributed by atoms with Crippen molar-refractivity contribution in [3.63, 3.8) is 0 Å². The van der Waals surface area contributed by atoms with Crippen molar-refractivity contribution in [3.8, 4) is 11.5 Å². The van der Waals surface area contributed by atoms with Gasteiger partial charge in [-0.15, -0.1) is 0 Å². The maximum atomic E-state index is 11.6. The first kappa shape index (κ1) is 13.3. The van der Waals surface area contributed by atoms with Gasteiger partial charge in [0.05, 0.1) is 6.61 Å². The number of aliphatic hydroxyl groups excluding tert-OH is 1. The molecule has 0 bridgehead atoms. The first-order valence-electron chi connectivity index (χ1n) is 5.00. The Balaban J connectivity index is 2.78. The smallest absolute Gasteiger partial charge is 0.258 e. The van der Waals surface area contributed by atoms with Gasteiger partial charge in [-0.3, -0.25) is 4.79 Å². The highest BCUT2D eigenvalue weighted by Crippen LogP contribution is 2.25. The van der Waals surface area contributed by atoms with E-state index in [9.17, 15) is 20.1 Å². The van der Waals surface area contributed by atoms with Crippen LogP contribution in [0.5, 0.6) is 11.5 Å². The van der Waals surface area contributed by atoms with E-state index in [-0.39, 0.29) is 23.6 Å². The van der Waals surface area contributed by atoms with Gasteiger partial charge in [0.25, 0.3) is 5.91 Å². The summed E-state index contributed by atoms with van der Waals surface area (Å²) in [5.41, 5.74) is -1.71. The second-order valence-corrected chi connectivity index (χ2v) is 4.01. The van der Waals surface area contributed by atoms with Crippen molar-refractivity contribution in [1.82, 2.24) is 5.32 Å². The Kier molecular flexibility index (Phi) is 3.93.